The highest BCUT2D eigenvalue weighted by Gasteiger charge is 2.21. The third-order valence-corrected chi connectivity index (χ3v) is 4.72. The Kier molecular flexibility index (Phi) is 5.28. The van der Waals surface area contributed by atoms with Crippen LogP contribution < -0.4 is 10.2 Å². The SMILES string of the molecule is C[C@H](NC1CCN(c2ccc(C#N)cn2)CC1)c1ccc(C#N)cc1. The summed E-state index contributed by atoms with van der Waals surface area (Å²) in [6.45, 7) is 4.07. The van der Waals surface area contributed by atoms with Crippen LogP contribution in [0.1, 0.15) is 42.5 Å². The second-order valence-corrected chi connectivity index (χ2v) is 6.40. The number of nitrogens with one attached hydrogen (secondary N) is 1. The van der Waals surface area contributed by atoms with E-state index >= 15 is 0 Å². The summed E-state index contributed by atoms with van der Waals surface area (Å²) in [4.78, 5) is 6.65. The molecular formula is C20H21N5. The molecule has 2 heterocycles. The van der Waals surface area contributed by atoms with Crippen LogP contribution in [0.15, 0.2) is 42.6 Å². The van der Waals surface area contributed by atoms with Crippen molar-refractivity contribution in [2.45, 2.75) is 31.8 Å². The highest BCUT2D eigenvalue weighted by atomic mass is 15.2. The summed E-state index contributed by atoms with van der Waals surface area (Å²) in [5, 5.41) is 21.4. The van der Waals surface area contributed by atoms with Crippen LogP contribution in [0.2, 0.25) is 0 Å². The molecule has 3 rings (SSSR count). The summed E-state index contributed by atoms with van der Waals surface area (Å²) in [6.07, 6.45) is 3.75. The van der Waals surface area contributed by atoms with Crippen LogP contribution in [0, 0.1) is 22.7 Å². The van der Waals surface area contributed by atoms with Crippen molar-refractivity contribution in [3.05, 3.63) is 59.3 Å². The topological polar surface area (TPSA) is 75.7 Å². The smallest absolute Gasteiger partial charge is 0.128 e. The number of nitrogens with zero attached hydrogens (tertiary/aromatic N) is 4. The van der Waals surface area contributed by atoms with Gasteiger partial charge in [-0.05, 0) is 49.6 Å². The van der Waals surface area contributed by atoms with Crippen LogP contribution in [-0.4, -0.2) is 24.1 Å². The molecule has 126 valence electrons. The van der Waals surface area contributed by atoms with Crippen molar-refractivity contribution in [1.82, 2.24) is 10.3 Å². The largest absolute Gasteiger partial charge is 0.357 e. The van der Waals surface area contributed by atoms with Gasteiger partial charge in [0.2, 0.25) is 0 Å². The number of piperidine rings is 1. The fraction of sp³-hybridized carbons (Fsp3) is 0.350. The van der Waals surface area contributed by atoms with Crippen LogP contribution in [-0.2, 0) is 0 Å². The molecule has 0 spiro atoms. The minimum atomic E-state index is 0.261. The van der Waals surface area contributed by atoms with Crippen molar-refractivity contribution in [3.63, 3.8) is 0 Å². The normalized spacial score (nSPS) is 16.0. The molecule has 5 heteroatoms. The average molecular weight is 331 g/mol. The fourth-order valence-electron chi connectivity index (χ4n) is 3.21. The van der Waals surface area contributed by atoms with Gasteiger partial charge < -0.3 is 10.2 Å². The zero-order valence-corrected chi connectivity index (χ0v) is 14.3. The van der Waals surface area contributed by atoms with Gasteiger partial charge in [-0.1, -0.05) is 12.1 Å². The Labute approximate surface area is 148 Å². The number of pyridine rings is 1. The van der Waals surface area contributed by atoms with Gasteiger partial charge in [-0.15, -0.1) is 0 Å². The second-order valence-electron chi connectivity index (χ2n) is 6.40. The Morgan fingerprint density at radius 2 is 1.68 bits per heavy atom. The van der Waals surface area contributed by atoms with Crippen LogP contribution in [0.25, 0.3) is 0 Å². The number of aromatic nitrogens is 1. The van der Waals surface area contributed by atoms with E-state index in [4.69, 9.17) is 10.5 Å². The molecular weight excluding hydrogens is 310 g/mol. The Balaban J connectivity index is 1.53. The van der Waals surface area contributed by atoms with Gasteiger partial charge in [-0.25, -0.2) is 4.98 Å². The number of anilines is 1. The molecule has 1 aliphatic heterocycles. The monoisotopic (exact) mass is 331 g/mol. The summed E-state index contributed by atoms with van der Waals surface area (Å²) >= 11 is 0. The standard InChI is InChI=1S/C20H21N5/c1-15(18-5-2-16(12-21)3-6-18)24-19-8-10-25(11-9-19)20-7-4-17(13-22)14-23-20/h2-7,14-15,19,24H,8-11H2,1H3/t15-/m0/s1. The van der Waals surface area contributed by atoms with E-state index in [1.54, 1.807) is 6.20 Å². The number of nitriles is 2. The molecule has 0 radical (unpaired) electrons. The molecule has 25 heavy (non-hydrogen) atoms. The van der Waals surface area contributed by atoms with E-state index < -0.39 is 0 Å². The molecule has 0 bridgehead atoms. The molecule has 0 unspecified atom stereocenters. The lowest BCUT2D eigenvalue weighted by Crippen LogP contribution is -2.43. The van der Waals surface area contributed by atoms with Crippen molar-refractivity contribution in [3.8, 4) is 12.1 Å². The highest BCUT2D eigenvalue weighted by Crippen LogP contribution is 2.21. The molecule has 0 saturated carbocycles. The first kappa shape index (κ1) is 17.0. The molecule has 5 nitrogen and oxygen atoms in total. The third-order valence-electron chi connectivity index (χ3n) is 4.72. The van der Waals surface area contributed by atoms with Crippen LogP contribution in [0.5, 0.6) is 0 Å². The van der Waals surface area contributed by atoms with Crippen LogP contribution >= 0.6 is 0 Å². The average Bonchev–Trinajstić information content (AvgIpc) is 2.68. The molecule has 2 aromatic rings. The first-order valence-electron chi connectivity index (χ1n) is 8.57. The van der Waals surface area contributed by atoms with E-state index in [2.05, 4.69) is 34.3 Å². The summed E-state index contributed by atoms with van der Waals surface area (Å²) in [6, 6.07) is 16.5. The number of hydrogen-bond acceptors (Lipinski definition) is 5. The van der Waals surface area contributed by atoms with Crippen molar-refractivity contribution in [2.24, 2.45) is 0 Å². The Bertz CT molecular complexity index is 775. The van der Waals surface area contributed by atoms with Gasteiger partial charge in [0.25, 0.3) is 0 Å². The zero-order chi connectivity index (χ0) is 17.6. The van der Waals surface area contributed by atoms with Gasteiger partial charge in [0.15, 0.2) is 0 Å². The second kappa shape index (κ2) is 7.79. The fourth-order valence-corrected chi connectivity index (χ4v) is 3.21. The van der Waals surface area contributed by atoms with E-state index in [1.165, 1.54) is 5.56 Å². The molecule has 1 aliphatic rings. The Morgan fingerprint density at radius 3 is 2.24 bits per heavy atom. The quantitative estimate of drug-likeness (QED) is 0.931. The number of benzene rings is 1. The molecule has 1 fully saturated rings. The van der Waals surface area contributed by atoms with Crippen molar-refractivity contribution < 1.29 is 0 Å². The molecule has 0 amide bonds. The van der Waals surface area contributed by atoms with Crippen molar-refractivity contribution in [1.29, 1.82) is 10.5 Å². The summed E-state index contributed by atoms with van der Waals surface area (Å²) < 4.78 is 0. The summed E-state index contributed by atoms with van der Waals surface area (Å²) in [5.41, 5.74) is 2.49. The van der Waals surface area contributed by atoms with E-state index in [-0.39, 0.29) is 6.04 Å². The van der Waals surface area contributed by atoms with E-state index in [0.29, 0.717) is 17.2 Å². The van der Waals surface area contributed by atoms with Crippen molar-refractivity contribution >= 4 is 5.82 Å². The maximum atomic E-state index is 8.88. The maximum absolute atomic E-state index is 8.88. The summed E-state index contributed by atoms with van der Waals surface area (Å²) in [5.74, 6) is 0.942. The Morgan fingerprint density at radius 1 is 1.04 bits per heavy atom. The zero-order valence-electron chi connectivity index (χ0n) is 14.3. The molecule has 1 aromatic heterocycles. The van der Waals surface area contributed by atoms with Crippen LogP contribution in [0.3, 0.4) is 0 Å². The predicted molar refractivity (Wildman–Crippen MR) is 96.9 cm³/mol. The molecule has 1 N–H and O–H groups in total. The molecule has 1 aromatic carbocycles. The molecule has 0 aliphatic carbocycles. The van der Waals surface area contributed by atoms with Gasteiger partial charge in [0.1, 0.15) is 11.9 Å². The third kappa shape index (κ3) is 4.15. The number of hydrogen-bond donors (Lipinski definition) is 1. The molecule has 1 saturated heterocycles. The van der Waals surface area contributed by atoms with E-state index in [1.807, 2.05) is 36.4 Å². The first-order chi connectivity index (χ1) is 12.2. The van der Waals surface area contributed by atoms with Gasteiger partial charge in [-0.3, -0.25) is 0 Å². The predicted octanol–water partition coefficient (Wildman–Crippen LogP) is 3.14. The van der Waals surface area contributed by atoms with E-state index in [0.717, 1.165) is 31.7 Å². The number of rotatable bonds is 4. The molecule has 1 atom stereocenters. The lowest BCUT2D eigenvalue weighted by atomic mass is 10.0. The van der Waals surface area contributed by atoms with Crippen LogP contribution in [0.4, 0.5) is 5.82 Å². The highest BCUT2D eigenvalue weighted by molar-refractivity contribution is 5.42. The van der Waals surface area contributed by atoms with Crippen molar-refractivity contribution in [2.75, 3.05) is 18.0 Å². The van der Waals surface area contributed by atoms with E-state index in [9.17, 15) is 0 Å². The lowest BCUT2D eigenvalue weighted by molar-refractivity contribution is 0.380. The maximum Gasteiger partial charge on any atom is 0.128 e. The lowest BCUT2D eigenvalue weighted by Gasteiger charge is -2.34. The summed E-state index contributed by atoms with van der Waals surface area (Å²) in [7, 11) is 0. The minimum absolute atomic E-state index is 0.261. The van der Waals surface area contributed by atoms with Gasteiger partial charge >= 0.3 is 0 Å². The first-order valence-corrected chi connectivity index (χ1v) is 8.57. The Hall–Kier alpha value is -2.89. The van der Waals surface area contributed by atoms with Gasteiger partial charge in [0.05, 0.1) is 17.2 Å². The minimum Gasteiger partial charge on any atom is -0.357 e. The van der Waals surface area contributed by atoms with Gasteiger partial charge in [-0.2, -0.15) is 10.5 Å². The van der Waals surface area contributed by atoms with Gasteiger partial charge in [0, 0.05) is 31.4 Å².